The molecule has 8 heteroatoms. The largest absolute Gasteiger partial charge is 0.351 e. The van der Waals surface area contributed by atoms with Gasteiger partial charge in [0.1, 0.15) is 16.2 Å². The van der Waals surface area contributed by atoms with Crippen LogP contribution in [-0.2, 0) is 6.42 Å². The number of anilines is 3. The van der Waals surface area contributed by atoms with Crippen molar-refractivity contribution < 1.29 is 0 Å². The van der Waals surface area contributed by atoms with E-state index in [0.717, 1.165) is 64.8 Å². The Hall–Kier alpha value is -3.10. The predicted octanol–water partition coefficient (Wildman–Crippen LogP) is 4.81. The van der Waals surface area contributed by atoms with Crippen molar-refractivity contribution in [2.24, 2.45) is 5.73 Å². The van der Waals surface area contributed by atoms with Gasteiger partial charge in [0.15, 0.2) is 5.13 Å². The van der Waals surface area contributed by atoms with E-state index in [4.69, 9.17) is 15.7 Å². The van der Waals surface area contributed by atoms with E-state index in [1.54, 1.807) is 0 Å². The number of nitrogens with two attached hydrogens (primary N) is 1. The number of nitrogens with one attached hydrogen (secondary N) is 2. The molecule has 1 fully saturated rings. The summed E-state index contributed by atoms with van der Waals surface area (Å²) >= 11 is 1.53. The van der Waals surface area contributed by atoms with Gasteiger partial charge in [-0.15, -0.1) is 0 Å². The molecule has 7 nitrogen and oxygen atoms in total. The number of rotatable bonds is 6. The standard InChI is InChI=1S/C24H27N7S/c1-15-7-12-20-22(26-15)32-24(29-20)31-21-14-19(13-16-5-3-2-4-6-16)28-23(30-21)27-18-10-8-17(25)9-11-18/h2-7,12,14,17-18H,8-11,13,25H2,1H3,(H2,27,28,29,30,31). The molecule has 4 N–H and O–H groups in total. The van der Waals surface area contributed by atoms with Crippen LogP contribution < -0.4 is 16.4 Å². The van der Waals surface area contributed by atoms with E-state index in [2.05, 4.69) is 44.9 Å². The number of fused-ring (bicyclic) bond motifs is 1. The van der Waals surface area contributed by atoms with Crippen LogP contribution in [0.25, 0.3) is 10.3 Å². The smallest absolute Gasteiger partial charge is 0.225 e. The van der Waals surface area contributed by atoms with Crippen LogP contribution in [0.3, 0.4) is 0 Å². The van der Waals surface area contributed by atoms with Crippen molar-refractivity contribution in [3.05, 3.63) is 65.5 Å². The van der Waals surface area contributed by atoms with Gasteiger partial charge < -0.3 is 16.4 Å². The molecule has 0 aliphatic heterocycles. The molecule has 1 aliphatic rings. The van der Waals surface area contributed by atoms with Gasteiger partial charge >= 0.3 is 0 Å². The van der Waals surface area contributed by atoms with Crippen LogP contribution in [0.1, 0.15) is 42.6 Å². The lowest BCUT2D eigenvalue weighted by molar-refractivity contribution is 0.410. The number of aromatic nitrogens is 4. The van der Waals surface area contributed by atoms with Crippen molar-refractivity contribution in [2.75, 3.05) is 10.6 Å². The van der Waals surface area contributed by atoms with Crippen molar-refractivity contribution in [2.45, 2.75) is 51.1 Å². The fourth-order valence-electron chi connectivity index (χ4n) is 4.04. The van der Waals surface area contributed by atoms with Gasteiger partial charge in [-0.3, -0.25) is 0 Å². The average molecular weight is 446 g/mol. The summed E-state index contributed by atoms with van der Waals surface area (Å²) in [6.45, 7) is 1.99. The Labute approximate surface area is 191 Å². The van der Waals surface area contributed by atoms with E-state index in [-0.39, 0.29) is 0 Å². The van der Waals surface area contributed by atoms with Gasteiger partial charge in [0.25, 0.3) is 0 Å². The highest BCUT2D eigenvalue weighted by Gasteiger charge is 2.19. The topological polar surface area (TPSA) is 102 Å². The summed E-state index contributed by atoms with van der Waals surface area (Å²) in [4.78, 5) is 19.7. The number of benzene rings is 1. The first-order chi connectivity index (χ1) is 15.6. The third kappa shape index (κ3) is 5.03. The fraction of sp³-hybridized carbons (Fsp3) is 0.333. The molecular formula is C24H27N7S. The van der Waals surface area contributed by atoms with Crippen LogP contribution >= 0.6 is 11.3 Å². The summed E-state index contributed by atoms with van der Waals surface area (Å²) in [6, 6.07) is 17.0. The van der Waals surface area contributed by atoms with Crippen LogP contribution in [-0.4, -0.2) is 32.0 Å². The van der Waals surface area contributed by atoms with E-state index < -0.39 is 0 Å². The molecule has 4 aromatic rings. The number of aryl methyl sites for hydroxylation is 1. The normalized spacial score (nSPS) is 18.6. The van der Waals surface area contributed by atoms with Crippen molar-refractivity contribution in [3.8, 4) is 0 Å². The maximum atomic E-state index is 6.07. The first-order valence-electron chi connectivity index (χ1n) is 11.1. The average Bonchev–Trinajstić information content (AvgIpc) is 3.17. The molecule has 0 atom stereocenters. The van der Waals surface area contributed by atoms with Gasteiger partial charge in [-0.1, -0.05) is 41.7 Å². The molecule has 32 heavy (non-hydrogen) atoms. The van der Waals surface area contributed by atoms with Gasteiger partial charge in [0.2, 0.25) is 5.95 Å². The number of pyridine rings is 1. The molecule has 1 aliphatic carbocycles. The van der Waals surface area contributed by atoms with Gasteiger partial charge in [0, 0.05) is 30.3 Å². The van der Waals surface area contributed by atoms with E-state index in [1.165, 1.54) is 16.9 Å². The quantitative estimate of drug-likeness (QED) is 0.391. The zero-order valence-corrected chi connectivity index (χ0v) is 18.9. The monoisotopic (exact) mass is 445 g/mol. The molecular weight excluding hydrogens is 418 g/mol. The summed E-state index contributed by atoms with van der Waals surface area (Å²) in [5.74, 6) is 1.38. The summed E-state index contributed by atoms with van der Waals surface area (Å²) in [6.07, 6.45) is 4.89. The summed E-state index contributed by atoms with van der Waals surface area (Å²) in [7, 11) is 0. The molecule has 3 heterocycles. The van der Waals surface area contributed by atoms with Crippen LogP contribution in [0.4, 0.5) is 16.9 Å². The zero-order valence-electron chi connectivity index (χ0n) is 18.1. The second kappa shape index (κ2) is 9.18. The summed E-state index contributed by atoms with van der Waals surface area (Å²) < 4.78 is 0. The lowest BCUT2D eigenvalue weighted by Gasteiger charge is -2.27. The molecule has 0 amide bonds. The summed E-state index contributed by atoms with van der Waals surface area (Å²) in [5, 5.41) is 7.70. The zero-order chi connectivity index (χ0) is 21.9. The van der Waals surface area contributed by atoms with Crippen molar-refractivity contribution >= 4 is 38.6 Å². The minimum Gasteiger partial charge on any atom is -0.351 e. The maximum absolute atomic E-state index is 6.07. The van der Waals surface area contributed by atoms with Crippen molar-refractivity contribution in [3.63, 3.8) is 0 Å². The van der Waals surface area contributed by atoms with Crippen LogP contribution in [0, 0.1) is 6.92 Å². The van der Waals surface area contributed by atoms with Gasteiger partial charge in [0.05, 0.1) is 5.69 Å². The molecule has 0 radical (unpaired) electrons. The van der Waals surface area contributed by atoms with Crippen molar-refractivity contribution in [1.82, 2.24) is 19.9 Å². The second-order valence-corrected chi connectivity index (χ2v) is 9.38. The fourth-order valence-corrected chi connectivity index (χ4v) is 4.93. The van der Waals surface area contributed by atoms with Crippen molar-refractivity contribution in [1.29, 1.82) is 0 Å². The number of thiazole rings is 1. The molecule has 0 saturated heterocycles. The molecule has 5 rings (SSSR count). The number of nitrogens with zero attached hydrogens (tertiary/aromatic N) is 4. The highest BCUT2D eigenvalue weighted by Crippen LogP contribution is 2.28. The molecule has 0 unspecified atom stereocenters. The van der Waals surface area contributed by atoms with Gasteiger partial charge in [-0.2, -0.15) is 4.98 Å². The molecule has 1 saturated carbocycles. The minimum absolute atomic E-state index is 0.312. The van der Waals surface area contributed by atoms with E-state index >= 15 is 0 Å². The third-order valence-electron chi connectivity index (χ3n) is 5.74. The second-order valence-electron chi connectivity index (χ2n) is 8.41. The molecule has 0 spiro atoms. The minimum atomic E-state index is 0.312. The molecule has 0 bridgehead atoms. The highest BCUT2D eigenvalue weighted by atomic mass is 32.1. The van der Waals surface area contributed by atoms with E-state index in [9.17, 15) is 0 Å². The van der Waals surface area contributed by atoms with Crippen LogP contribution in [0.15, 0.2) is 48.5 Å². The van der Waals surface area contributed by atoms with Crippen LogP contribution in [0.5, 0.6) is 0 Å². The Morgan fingerprint density at radius 3 is 2.59 bits per heavy atom. The Kier molecular flexibility index (Phi) is 5.96. The lowest BCUT2D eigenvalue weighted by atomic mass is 9.92. The third-order valence-corrected chi connectivity index (χ3v) is 6.62. The number of hydrogen-bond donors (Lipinski definition) is 3. The maximum Gasteiger partial charge on any atom is 0.225 e. The first kappa shape index (κ1) is 20.8. The SMILES string of the molecule is Cc1ccc2nc(Nc3cc(Cc4ccccc4)nc(NC4CCC(N)CC4)n3)sc2n1. The first-order valence-corrected chi connectivity index (χ1v) is 11.9. The molecule has 1 aromatic carbocycles. The lowest BCUT2D eigenvalue weighted by Crippen LogP contribution is -2.33. The van der Waals surface area contributed by atoms with Gasteiger partial charge in [-0.25, -0.2) is 15.0 Å². The molecule has 164 valence electrons. The van der Waals surface area contributed by atoms with Crippen LogP contribution in [0.2, 0.25) is 0 Å². The molecule has 3 aromatic heterocycles. The Balaban J connectivity index is 1.42. The Morgan fingerprint density at radius 1 is 0.969 bits per heavy atom. The van der Waals surface area contributed by atoms with Gasteiger partial charge in [-0.05, 0) is 50.3 Å². The summed E-state index contributed by atoms with van der Waals surface area (Å²) in [5.41, 5.74) is 10.1. The predicted molar refractivity (Wildman–Crippen MR) is 131 cm³/mol. The van der Waals surface area contributed by atoms with E-state index in [1.807, 2.05) is 31.2 Å². The Bertz CT molecular complexity index is 1200. The van der Waals surface area contributed by atoms with E-state index in [0.29, 0.717) is 18.0 Å². The number of hydrogen-bond acceptors (Lipinski definition) is 8. The highest BCUT2D eigenvalue weighted by molar-refractivity contribution is 7.21. The Morgan fingerprint density at radius 2 is 1.78 bits per heavy atom.